The van der Waals surface area contributed by atoms with Crippen LogP contribution < -0.4 is 0 Å². The Hall–Kier alpha value is -1.92. The lowest BCUT2D eigenvalue weighted by Crippen LogP contribution is -1.68. The van der Waals surface area contributed by atoms with Gasteiger partial charge in [-0.25, -0.2) is 0 Å². The number of allylic oxidation sites excluding steroid dienone is 1. The molecule has 0 heterocycles. The van der Waals surface area contributed by atoms with Crippen LogP contribution in [-0.2, 0) is 0 Å². The fourth-order valence-electron chi connectivity index (χ4n) is 0.712. The molecular formula is C12H8. The minimum atomic E-state index is 0.982. The Morgan fingerprint density at radius 1 is 1.08 bits per heavy atom. The van der Waals surface area contributed by atoms with Crippen molar-refractivity contribution in [1.29, 1.82) is 0 Å². The summed E-state index contributed by atoms with van der Waals surface area (Å²) in [4.78, 5) is 0. The van der Waals surface area contributed by atoms with Gasteiger partial charge in [-0.2, -0.15) is 0 Å². The van der Waals surface area contributed by atoms with Crippen LogP contribution in [0.15, 0.2) is 43.0 Å². The van der Waals surface area contributed by atoms with E-state index in [1.807, 2.05) is 30.3 Å². The molecule has 0 aromatic heterocycles. The smallest absolute Gasteiger partial charge is 0.0255 e. The minimum Gasteiger partial charge on any atom is -0.0906 e. The minimum absolute atomic E-state index is 0.982. The zero-order valence-electron chi connectivity index (χ0n) is 6.67. The summed E-state index contributed by atoms with van der Waals surface area (Å²) >= 11 is 0. The summed E-state index contributed by atoms with van der Waals surface area (Å²) in [6.07, 6.45) is 1.53. The highest BCUT2D eigenvalue weighted by molar-refractivity contribution is 5.40. The van der Waals surface area contributed by atoms with E-state index in [1.165, 1.54) is 6.08 Å². The van der Waals surface area contributed by atoms with Crippen LogP contribution in [-0.4, -0.2) is 0 Å². The van der Waals surface area contributed by atoms with E-state index in [0.29, 0.717) is 0 Å². The first-order valence-corrected chi connectivity index (χ1v) is 3.61. The van der Waals surface area contributed by atoms with Gasteiger partial charge in [0.1, 0.15) is 0 Å². The normalized spacial score (nSPS) is 7.00. The molecule has 0 aliphatic carbocycles. The summed E-state index contributed by atoms with van der Waals surface area (Å²) in [6, 6.07) is 9.75. The van der Waals surface area contributed by atoms with Crippen LogP contribution in [0.1, 0.15) is 5.56 Å². The van der Waals surface area contributed by atoms with Gasteiger partial charge in [0, 0.05) is 5.56 Å². The molecule has 0 heteroatoms. The summed E-state index contributed by atoms with van der Waals surface area (Å²) < 4.78 is 0. The van der Waals surface area contributed by atoms with E-state index in [9.17, 15) is 0 Å². The molecule has 0 unspecified atom stereocenters. The van der Waals surface area contributed by atoms with Gasteiger partial charge in [0.05, 0.1) is 0 Å². The second-order valence-electron chi connectivity index (χ2n) is 2.09. The second-order valence-corrected chi connectivity index (χ2v) is 2.09. The SMILES string of the molecule is C=CC#CC#Cc1ccccc1. The highest BCUT2D eigenvalue weighted by atomic mass is 13.8. The van der Waals surface area contributed by atoms with Crippen molar-refractivity contribution in [2.24, 2.45) is 0 Å². The number of hydrogen-bond acceptors (Lipinski definition) is 0. The second kappa shape index (κ2) is 4.83. The molecule has 1 aromatic carbocycles. The molecular weight excluding hydrogens is 144 g/mol. The lowest BCUT2D eigenvalue weighted by Gasteiger charge is -1.83. The van der Waals surface area contributed by atoms with Crippen molar-refractivity contribution in [1.82, 2.24) is 0 Å². The third-order valence-electron chi connectivity index (χ3n) is 1.22. The first-order chi connectivity index (χ1) is 5.93. The molecule has 0 fully saturated rings. The van der Waals surface area contributed by atoms with Gasteiger partial charge in [0.15, 0.2) is 0 Å². The van der Waals surface area contributed by atoms with Crippen LogP contribution in [0.4, 0.5) is 0 Å². The molecule has 0 N–H and O–H groups in total. The van der Waals surface area contributed by atoms with Crippen LogP contribution in [0.3, 0.4) is 0 Å². The summed E-state index contributed by atoms with van der Waals surface area (Å²) in [5.41, 5.74) is 0.982. The molecule has 0 aliphatic rings. The van der Waals surface area contributed by atoms with Gasteiger partial charge in [-0.3, -0.25) is 0 Å². The van der Waals surface area contributed by atoms with Crippen molar-refractivity contribution in [3.05, 3.63) is 48.6 Å². The van der Waals surface area contributed by atoms with Crippen LogP contribution in [0.2, 0.25) is 0 Å². The van der Waals surface area contributed by atoms with Crippen molar-refractivity contribution < 1.29 is 0 Å². The predicted molar refractivity (Wildman–Crippen MR) is 51.3 cm³/mol. The van der Waals surface area contributed by atoms with Crippen LogP contribution in [0, 0.1) is 23.7 Å². The Morgan fingerprint density at radius 2 is 1.83 bits per heavy atom. The maximum absolute atomic E-state index is 3.46. The van der Waals surface area contributed by atoms with Crippen molar-refractivity contribution >= 4 is 0 Å². The van der Waals surface area contributed by atoms with E-state index >= 15 is 0 Å². The molecule has 0 atom stereocenters. The summed E-state index contributed by atoms with van der Waals surface area (Å²) in [6.45, 7) is 3.46. The molecule has 12 heavy (non-hydrogen) atoms. The highest BCUT2D eigenvalue weighted by Crippen LogP contribution is 1.93. The zero-order valence-corrected chi connectivity index (χ0v) is 6.67. The van der Waals surface area contributed by atoms with Crippen molar-refractivity contribution in [2.75, 3.05) is 0 Å². The number of benzene rings is 1. The van der Waals surface area contributed by atoms with Crippen LogP contribution in [0.25, 0.3) is 0 Å². The third-order valence-corrected chi connectivity index (χ3v) is 1.22. The molecule has 0 saturated carbocycles. The standard InChI is InChI=1S/C12H8/c1-2-3-4-6-9-12-10-7-5-8-11-12/h2,5,7-8,10-11H,1H2. The zero-order chi connectivity index (χ0) is 8.65. The van der Waals surface area contributed by atoms with E-state index in [2.05, 4.69) is 30.3 Å². The van der Waals surface area contributed by atoms with Crippen molar-refractivity contribution in [2.45, 2.75) is 0 Å². The molecule has 0 saturated heterocycles. The molecule has 56 valence electrons. The lowest BCUT2D eigenvalue weighted by atomic mass is 10.2. The molecule has 0 amide bonds. The van der Waals surface area contributed by atoms with Gasteiger partial charge in [-0.15, -0.1) is 0 Å². The average Bonchev–Trinajstić information content (AvgIpc) is 2.14. The third kappa shape index (κ3) is 2.78. The quantitative estimate of drug-likeness (QED) is 0.500. The van der Waals surface area contributed by atoms with E-state index in [0.717, 1.165) is 5.56 Å². The van der Waals surface area contributed by atoms with Gasteiger partial charge < -0.3 is 0 Å². The molecule has 1 aromatic rings. The largest absolute Gasteiger partial charge is 0.0906 e. The van der Waals surface area contributed by atoms with Crippen LogP contribution in [0.5, 0.6) is 0 Å². The first kappa shape index (κ1) is 8.18. The fourth-order valence-corrected chi connectivity index (χ4v) is 0.712. The Balaban J connectivity index is 2.73. The van der Waals surface area contributed by atoms with Crippen LogP contribution >= 0.6 is 0 Å². The molecule has 1 rings (SSSR count). The topological polar surface area (TPSA) is 0 Å². The highest BCUT2D eigenvalue weighted by Gasteiger charge is 1.78. The van der Waals surface area contributed by atoms with E-state index in [4.69, 9.17) is 0 Å². The number of hydrogen-bond donors (Lipinski definition) is 0. The van der Waals surface area contributed by atoms with E-state index in [1.54, 1.807) is 0 Å². The first-order valence-electron chi connectivity index (χ1n) is 3.61. The maximum Gasteiger partial charge on any atom is 0.0255 e. The Bertz CT molecular complexity index is 363. The molecule has 0 radical (unpaired) electrons. The van der Waals surface area contributed by atoms with Gasteiger partial charge in [0.2, 0.25) is 0 Å². The summed E-state index contributed by atoms with van der Waals surface area (Å²) in [7, 11) is 0. The van der Waals surface area contributed by atoms with Gasteiger partial charge in [-0.1, -0.05) is 36.6 Å². The average molecular weight is 152 g/mol. The summed E-state index contributed by atoms with van der Waals surface area (Å²) in [5.74, 6) is 10.9. The molecule has 0 spiro atoms. The predicted octanol–water partition coefficient (Wildman–Crippen LogP) is 2.23. The number of rotatable bonds is 0. The Labute approximate surface area is 72.9 Å². The molecule has 0 aliphatic heterocycles. The fraction of sp³-hybridized carbons (Fsp3) is 0. The van der Waals surface area contributed by atoms with E-state index < -0.39 is 0 Å². The maximum atomic E-state index is 3.46. The monoisotopic (exact) mass is 152 g/mol. The summed E-state index contributed by atoms with van der Waals surface area (Å²) in [5, 5.41) is 0. The van der Waals surface area contributed by atoms with E-state index in [-0.39, 0.29) is 0 Å². The van der Waals surface area contributed by atoms with Gasteiger partial charge in [-0.05, 0) is 30.0 Å². The molecule has 0 nitrogen and oxygen atoms in total. The Morgan fingerprint density at radius 3 is 2.50 bits per heavy atom. The van der Waals surface area contributed by atoms with Gasteiger partial charge in [0.25, 0.3) is 0 Å². The Kier molecular flexibility index (Phi) is 3.29. The lowest BCUT2D eigenvalue weighted by molar-refractivity contribution is 1.65. The van der Waals surface area contributed by atoms with Gasteiger partial charge >= 0.3 is 0 Å². The van der Waals surface area contributed by atoms with Crippen molar-refractivity contribution in [3.8, 4) is 23.7 Å². The van der Waals surface area contributed by atoms with Crippen molar-refractivity contribution in [3.63, 3.8) is 0 Å². The molecule has 0 bridgehead atoms.